The minimum Gasteiger partial charge on any atom is -0.507 e. The monoisotopic (exact) mass is 331 g/mol. The van der Waals surface area contributed by atoms with Gasteiger partial charge in [0.1, 0.15) is 12.1 Å². The molecule has 2 heterocycles. The molecule has 4 rings (SSSR count). The van der Waals surface area contributed by atoms with E-state index in [0.717, 1.165) is 16.9 Å². The van der Waals surface area contributed by atoms with Crippen molar-refractivity contribution in [3.05, 3.63) is 60.9 Å². The SMILES string of the molecule is CN(C)c1ccc(-c2cc(-c3ccccc3O)nc3ncnn23)cc1. The first-order valence-electron chi connectivity index (χ1n) is 7.90. The molecular weight excluding hydrogens is 314 g/mol. The average molecular weight is 331 g/mol. The van der Waals surface area contributed by atoms with Crippen molar-refractivity contribution < 1.29 is 5.11 Å². The summed E-state index contributed by atoms with van der Waals surface area (Å²) in [6.07, 6.45) is 1.48. The van der Waals surface area contributed by atoms with Gasteiger partial charge in [0.05, 0.1) is 11.4 Å². The van der Waals surface area contributed by atoms with E-state index in [2.05, 4.69) is 32.1 Å². The lowest BCUT2D eigenvalue weighted by atomic mass is 10.1. The summed E-state index contributed by atoms with van der Waals surface area (Å²) in [5.41, 5.74) is 4.31. The van der Waals surface area contributed by atoms with Crippen molar-refractivity contribution in [2.24, 2.45) is 0 Å². The summed E-state index contributed by atoms with van der Waals surface area (Å²) in [6, 6.07) is 17.3. The summed E-state index contributed by atoms with van der Waals surface area (Å²) >= 11 is 0. The third kappa shape index (κ3) is 2.67. The number of nitrogens with zero attached hydrogens (tertiary/aromatic N) is 5. The molecule has 0 unspecified atom stereocenters. The molecule has 2 aromatic heterocycles. The van der Waals surface area contributed by atoms with E-state index in [4.69, 9.17) is 0 Å². The lowest BCUT2D eigenvalue weighted by Crippen LogP contribution is -2.08. The summed E-state index contributed by atoms with van der Waals surface area (Å²) in [7, 11) is 4.01. The first kappa shape index (κ1) is 15.1. The van der Waals surface area contributed by atoms with E-state index in [9.17, 15) is 5.11 Å². The van der Waals surface area contributed by atoms with Crippen molar-refractivity contribution in [1.82, 2.24) is 19.6 Å². The maximum atomic E-state index is 10.2. The molecular formula is C19H17N5O. The van der Waals surface area contributed by atoms with E-state index < -0.39 is 0 Å². The second-order valence-corrected chi connectivity index (χ2v) is 5.96. The zero-order valence-corrected chi connectivity index (χ0v) is 14.0. The van der Waals surface area contributed by atoms with Crippen LogP contribution in [-0.2, 0) is 0 Å². The maximum absolute atomic E-state index is 10.2. The van der Waals surface area contributed by atoms with Gasteiger partial charge in [-0.05, 0) is 30.3 Å². The number of anilines is 1. The van der Waals surface area contributed by atoms with E-state index in [0.29, 0.717) is 17.0 Å². The predicted octanol–water partition coefficient (Wildman–Crippen LogP) is 3.23. The summed E-state index contributed by atoms with van der Waals surface area (Å²) in [5.74, 6) is 0.681. The van der Waals surface area contributed by atoms with E-state index in [1.807, 2.05) is 44.4 Å². The zero-order valence-electron chi connectivity index (χ0n) is 14.0. The van der Waals surface area contributed by atoms with Crippen molar-refractivity contribution in [2.45, 2.75) is 0 Å². The number of aromatic nitrogens is 4. The number of rotatable bonds is 3. The standard InChI is InChI=1S/C19H17N5O/c1-23(2)14-9-7-13(8-10-14)17-11-16(15-5-3-4-6-18(15)25)22-19-20-12-21-24(17)19/h3-12,25H,1-2H3. The number of fused-ring (bicyclic) bond motifs is 1. The normalized spacial score (nSPS) is 11.0. The minimum absolute atomic E-state index is 0.188. The van der Waals surface area contributed by atoms with Crippen molar-refractivity contribution in [2.75, 3.05) is 19.0 Å². The minimum atomic E-state index is 0.188. The Balaban J connectivity index is 1.91. The first-order chi connectivity index (χ1) is 12.1. The molecule has 0 radical (unpaired) electrons. The third-order valence-electron chi connectivity index (χ3n) is 4.11. The Labute approximate surface area is 145 Å². The fourth-order valence-electron chi connectivity index (χ4n) is 2.78. The Morgan fingerprint density at radius 3 is 2.48 bits per heavy atom. The van der Waals surface area contributed by atoms with E-state index in [1.165, 1.54) is 6.33 Å². The molecule has 0 saturated heterocycles. The van der Waals surface area contributed by atoms with Gasteiger partial charge in [0.15, 0.2) is 0 Å². The zero-order chi connectivity index (χ0) is 17.4. The van der Waals surface area contributed by atoms with Crippen LogP contribution in [0.5, 0.6) is 5.75 Å². The van der Waals surface area contributed by atoms with Gasteiger partial charge in [-0.25, -0.2) is 4.98 Å². The van der Waals surface area contributed by atoms with E-state index >= 15 is 0 Å². The summed E-state index contributed by atoms with van der Waals surface area (Å²) < 4.78 is 1.70. The molecule has 0 fully saturated rings. The predicted molar refractivity (Wildman–Crippen MR) is 97.6 cm³/mol. The molecule has 0 spiro atoms. The van der Waals surface area contributed by atoms with Crippen molar-refractivity contribution in [3.8, 4) is 28.3 Å². The van der Waals surface area contributed by atoms with Crippen LogP contribution in [0, 0.1) is 0 Å². The fraction of sp³-hybridized carbons (Fsp3) is 0.105. The molecule has 6 heteroatoms. The highest BCUT2D eigenvalue weighted by Crippen LogP contribution is 2.31. The maximum Gasteiger partial charge on any atom is 0.253 e. The molecule has 0 aliphatic rings. The van der Waals surface area contributed by atoms with Crippen LogP contribution in [0.15, 0.2) is 60.9 Å². The van der Waals surface area contributed by atoms with Crippen LogP contribution in [0.3, 0.4) is 0 Å². The number of hydrogen-bond acceptors (Lipinski definition) is 5. The lowest BCUT2D eigenvalue weighted by Gasteiger charge is -2.13. The van der Waals surface area contributed by atoms with Crippen molar-refractivity contribution in [1.29, 1.82) is 0 Å². The van der Waals surface area contributed by atoms with Gasteiger partial charge in [0.25, 0.3) is 5.78 Å². The van der Waals surface area contributed by atoms with Crippen LogP contribution in [0.1, 0.15) is 0 Å². The van der Waals surface area contributed by atoms with Crippen LogP contribution in [0.25, 0.3) is 28.3 Å². The van der Waals surface area contributed by atoms with Gasteiger partial charge in [-0.2, -0.15) is 14.6 Å². The van der Waals surface area contributed by atoms with Crippen LogP contribution < -0.4 is 4.90 Å². The van der Waals surface area contributed by atoms with Gasteiger partial charge in [-0.15, -0.1) is 0 Å². The summed E-state index contributed by atoms with van der Waals surface area (Å²) in [4.78, 5) is 10.8. The number of para-hydroxylation sites is 1. The second-order valence-electron chi connectivity index (χ2n) is 5.96. The number of phenols is 1. The van der Waals surface area contributed by atoms with Gasteiger partial charge in [-0.3, -0.25) is 0 Å². The average Bonchev–Trinajstić information content (AvgIpc) is 3.10. The van der Waals surface area contributed by atoms with Crippen molar-refractivity contribution in [3.63, 3.8) is 0 Å². The van der Waals surface area contributed by atoms with Gasteiger partial charge in [0.2, 0.25) is 0 Å². The highest BCUT2D eigenvalue weighted by molar-refractivity contribution is 5.74. The number of phenolic OH excluding ortho intramolecular Hbond substituents is 1. The molecule has 0 aliphatic carbocycles. The molecule has 124 valence electrons. The van der Waals surface area contributed by atoms with E-state index in [-0.39, 0.29) is 5.75 Å². The highest BCUT2D eigenvalue weighted by Gasteiger charge is 2.13. The lowest BCUT2D eigenvalue weighted by molar-refractivity contribution is 0.477. The van der Waals surface area contributed by atoms with Crippen molar-refractivity contribution >= 4 is 11.5 Å². The highest BCUT2D eigenvalue weighted by atomic mass is 16.3. The first-order valence-corrected chi connectivity index (χ1v) is 7.90. The van der Waals surface area contributed by atoms with Gasteiger partial charge >= 0.3 is 0 Å². The summed E-state index contributed by atoms with van der Waals surface area (Å²) in [6.45, 7) is 0. The van der Waals surface area contributed by atoms with Crippen LogP contribution in [0.2, 0.25) is 0 Å². The van der Waals surface area contributed by atoms with E-state index in [1.54, 1.807) is 16.6 Å². The molecule has 0 atom stereocenters. The number of aromatic hydroxyl groups is 1. The van der Waals surface area contributed by atoms with Gasteiger partial charge in [0, 0.05) is 30.9 Å². The quantitative estimate of drug-likeness (QED) is 0.624. The molecule has 6 nitrogen and oxygen atoms in total. The molecule has 25 heavy (non-hydrogen) atoms. The second kappa shape index (κ2) is 5.90. The Bertz CT molecular complexity index is 1040. The third-order valence-corrected chi connectivity index (χ3v) is 4.11. The Kier molecular flexibility index (Phi) is 3.57. The Morgan fingerprint density at radius 1 is 1.00 bits per heavy atom. The van der Waals surface area contributed by atoms with Crippen LogP contribution in [0.4, 0.5) is 5.69 Å². The topological polar surface area (TPSA) is 66.5 Å². The molecule has 4 aromatic rings. The number of benzene rings is 2. The van der Waals surface area contributed by atoms with Crippen LogP contribution >= 0.6 is 0 Å². The van der Waals surface area contributed by atoms with Gasteiger partial charge in [-0.1, -0.05) is 24.3 Å². The molecule has 2 aromatic carbocycles. The summed E-state index contributed by atoms with van der Waals surface area (Å²) in [5, 5.41) is 14.4. The molecule has 1 N–H and O–H groups in total. The number of hydrogen-bond donors (Lipinski definition) is 1. The molecule has 0 aliphatic heterocycles. The molecule has 0 saturated carbocycles. The van der Waals surface area contributed by atoms with Crippen LogP contribution in [-0.4, -0.2) is 38.8 Å². The van der Waals surface area contributed by atoms with Gasteiger partial charge < -0.3 is 10.0 Å². The Morgan fingerprint density at radius 2 is 1.76 bits per heavy atom. The molecule has 0 amide bonds. The Hall–Kier alpha value is -3.41. The molecule has 0 bridgehead atoms. The fourth-order valence-corrected chi connectivity index (χ4v) is 2.78. The largest absolute Gasteiger partial charge is 0.507 e. The smallest absolute Gasteiger partial charge is 0.253 e.